The largest absolute Gasteiger partial charge is 0.497 e. The van der Waals surface area contributed by atoms with E-state index in [1.165, 1.54) is 19.2 Å². The molecule has 0 radical (unpaired) electrons. The third-order valence-corrected chi connectivity index (χ3v) is 8.79. The number of nitrogens with one attached hydrogen (secondary N) is 1. The molecule has 0 atom stereocenters. The lowest BCUT2D eigenvalue weighted by atomic mass is 10.1. The Hall–Kier alpha value is -3.62. The van der Waals surface area contributed by atoms with Crippen molar-refractivity contribution in [3.05, 3.63) is 93.9 Å². The van der Waals surface area contributed by atoms with Gasteiger partial charge in [-0.05, 0) is 56.7 Å². The Kier molecular flexibility index (Phi) is 6.69. The molecule has 0 unspecified atom stereocenters. The van der Waals surface area contributed by atoms with Gasteiger partial charge in [0.2, 0.25) is 15.6 Å². The predicted molar refractivity (Wildman–Crippen MR) is 141 cm³/mol. The van der Waals surface area contributed by atoms with Gasteiger partial charge in [-0.15, -0.1) is 11.3 Å². The molecule has 0 aliphatic rings. The van der Waals surface area contributed by atoms with Crippen LogP contribution in [0.15, 0.2) is 76.5 Å². The zero-order chi connectivity index (χ0) is 25.3. The van der Waals surface area contributed by atoms with Crippen LogP contribution in [-0.2, 0) is 9.84 Å². The number of sulfone groups is 1. The maximum absolute atomic E-state index is 13.8. The van der Waals surface area contributed by atoms with Gasteiger partial charge in [-0.25, -0.2) is 8.42 Å². The smallest absolute Gasteiger partial charge is 0.211 e. The van der Waals surface area contributed by atoms with E-state index >= 15 is 0 Å². The molecule has 0 amide bonds. The van der Waals surface area contributed by atoms with Crippen LogP contribution in [0, 0.1) is 20.8 Å². The van der Waals surface area contributed by atoms with E-state index in [1.807, 2.05) is 51.1 Å². The topological polar surface area (TPSA) is 98.5 Å². The van der Waals surface area contributed by atoms with Crippen molar-refractivity contribution >= 4 is 43.3 Å². The summed E-state index contributed by atoms with van der Waals surface area (Å²) in [5.41, 5.74) is 10.6. The molecule has 0 saturated carbocycles. The third-order valence-electron chi connectivity index (χ3n) is 5.69. The van der Waals surface area contributed by atoms with Crippen molar-refractivity contribution in [1.82, 2.24) is 0 Å². The fourth-order valence-electron chi connectivity index (χ4n) is 3.73. The second-order valence-electron chi connectivity index (χ2n) is 8.32. The van der Waals surface area contributed by atoms with E-state index in [2.05, 4.69) is 5.32 Å². The maximum atomic E-state index is 13.8. The zero-order valence-electron chi connectivity index (χ0n) is 19.9. The molecule has 3 aromatic carbocycles. The summed E-state index contributed by atoms with van der Waals surface area (Å²) >= 11 is 1.04. The summed E-state index contributed by atoms with van der Waals surface area (Å²) in [4.78, 5) is 13.5. The van der Waals surface area contributed by atoms with Crippen LogP contribution in [0.5, 0.6) is 5.75 Å². The number of thiophene rings is 1. The average Bonchev–Trinajstić information content (AvgIpc) is 3.17. The Bertz CT molecular complexity index is 1500. The van der Waals surface area contributed by atoms with Gasteiger partial charge in [0.15, 0.2) is 0 Å². The first kappa shape index (κ1) is 24.5. The van der Waals surface area contributed by atoms with Crippen molar-refractivity contribution in [3.63, 3.8) is 0 Å². The van der Waals surface area contributed by atoms with E-state index in [0.717, 1.165) is 33.7 Å². The fraction of sp³-hybridized carbons (Fsp3) is 0.148. The highest BCUT2D eigenvalue weighted by Gasteiger charge is 2.32. The summed E-state index contributed by atoms with van der Waals surface area (Å²) in [5.74, 6) is 0.207. The van der Waals surface area contributed by atoms with Gasteiger partial charge in [-0.2, -0.15) is 0 Å². The van der Waals surface area contributed by atoms with Gasteiger partial charge in [-0.3, -0.25) is 4.79 Å². The van der Waals surface area contributed by atoms with Crippen molar-refractivity contribution in [3.8, 4) is 5.75 Å². The summed E-state index contributed by atoms with van der Waals surface area (Å²) < 4.78 is 32.7. The number of carbonyl (C=O) groups is 1. The lowest BCUT2D eigenvalue weighted by Gasteiger charge is -2.12. The second kappa shape index (κ2) is 9.56. The molecule has 6 nitrogen and oxygen atoms in total. The van der Waals surface area contributed by atoms with Gasteiger partial charge in [-0.1, -0.05) is 47.5 Å². The molecule has 0 fully saturated rings. The molecule has 0 bridgehead atoms. The molecule has 3 N–H and O–H groups in total. The number of methoxy groups -OCH3 is 1. The highest BCUT2D eigenvalue weighted by atomic mass is 32.2. The predicted octanol–water partition coefficient (Wildman–Crippen LogP) is 6.07. The molecule has 4 rings (SSSR count). The molecular weight excluding hydrogens is 480 g/mol. The Morgan fingerprint density at radius 1 is 0.914 bits per heavy atom. The number of ether oxygens (including phenoxy) is 1. The first-order chi connectivity index (χ1) is 16.6. The lowest BCUT2D eigenvalue weighted by Crippen LogP contribution is -2.08. The maximum Gasteiger partial charge on any atom is 0.211 e. The Morgan fingerprint density at radius 3 is 2.14 bits per heavy atom. The molecule has 0 aliphatic heterocycles. The van der Waals surface area contributed by atoms with E-state index in [0.29, 0.717) is 16.3 Å². The average molecular weight is 507 g/mol. The van der Waals surface area contributed by atoms with Gasteiger partial charge >= 0.3 is 0 Å². The number of ketones is 1. The van der Waals surface area contributed by atoms with Crippen LogP contribution >= 0.6 is 11.3 Å². The quantitative estimate of drug-likeness (QED) is 0.295. The SMILES string of the molecule is COc1ccc(S(=O)(=O)c2c(Nc3ccc(C)cc3C)sc(C(=O)c3ccc(C)cc3)c2N)cc1. The van der Waals surface area contributed by atoms with Gasteiger partial charge < -0.3 is 15.8 Å². The minimum atomic E-state index is -4.05. The Balaban J connectivity index is 1.88. The van der Waals surface area contributed by atoms with Gasteiger partial charge in [0.25, 0.3) is 0 Å². The van der Waals surface area contributed by atoms with E-state index in [1.54, 1.807) is 24.3 Å². The zero-order valence-corrected chi connectivity index (χ0v) is 21.5. The number of carbonyl (C=O) groups excluding carboxylic acids is 1. The number of hydrogen-bond donors (Lipinski definition) is 2. The van der Waals surface area contributed by atoms with Crippen LogP contribution in [0.3, 0.4) is 0 Å². The summed E-state index contributed by atoms with van der Waals surface area (Å²) in [5, 5.41) is 3.52. The van der Waals surface area contributed by atoms with E-state index < -0.39 is 9.84 Å². The normalized spacial score (nSPS) is 11.3. The van der Waals surface area contributed by atoms with Crippen LogP contribution in [0.1, 0.15) is 31.9 Å². The van der Waals surface area contributed by atoms with Crippen molar-refractivity contribution in [2.45, 2.75) is 30.6 Å². The second-order valence-corrected chi connectivity index (χ2v) is 11.2. The van der Waals surface area contributed by atoms with Crippen molar-refractivity contribution in [2.24, 2.45) is 0 Å². The number of nitrogen functional groups attached to an aromatic ring is 1. The van der Waals surface area contributed by atoms with Crippen LogP contribution in [-0.4, -0.2) is 21.3 Å². The number of rotatable bonds is 7. The molecular formula is C27H26N2O4S2. The van der Waals surface area contributed by atoms with Crippen molar-refractivity contribution in [1.29, 1.82) is 0 Å². The van der Waals surface area contributed by atoms with E-state index in [9.17, 15) is 13.2 Å². The Morgan fingerprint density at radius 2 is 1.54 bits per heavy atom. The first-order valence-corrected chi connectivity index (χ1v) is 13.2. The highest BCUT2D eigenvalue weighted by molar-refractivity contribution is 7.92. The molecule has 0 aliphatic carbocycles. The number of anilines is 3. The van der Waals surface area contributed by atoms with Gasteiger partial charge in [0.1, 0.15) is 20.5 Å². The molecule has 4 aromatic rings. The number of nitrogens with two attached hydrogens (primary N) is 1. The van der Waals surface area contributed by atoms with Crippen LogP contribution in [0.2, 0.25) is 0 Å². The van der Waals surface area contributed by atoms with Crippen molar-refractivity contribution in [2.75, 3.05) is 18.2 Å². The molecule has 0 spiro atoms. The summed E-state index contributed by atoms with van der Waals surface area (Å²) in [6, 6.07) is 19.0. The molecule has 8 heteroatoms. The number of hydrogen-bond acceptors (Lipinski definition) is 7. The van der Waals surface area contributed by atoms with E-state index in [-0.39, 0.29) is 26.1 Å². The van der Waals surface area contributed by atoms with Crippen LogP contribution in [0.25, 0.3) is 0 Å². The van der Waals surface area contributed by atoms with Gasteiger partial charge in [0, 0.05) is 11.3 Å². The monoisotopic (exact) mass is 506 g/mol. The molecule has 0 saturated heterocycles. The van der Waals surface area contributed by atoms with Crippen molar-refractivity contribution < 1.29 is 17.9 Å². The van der Waals surface area contributed by atoms with Crippen LogP contribution in [0.4, 0.5) is 16.4 Å². The lowest BCUT2D eigenvalue weighted by molar-refractivity contribution is 0.104. The summed E-state index contributed by atoms with van der Waals surface area (Å²) in [6.45, 7) is 5.85. The summed E-state index contributed by atoms with van der Waals surface area (Å²) in [7, 11) is -2.54. The Labute approximate surface area is 209 Å². The fourth-order valence-corrected chi connectivity index (χ4v) is 6.66. The summed E-state index contributed by atoms with van der Waals surface area (Å²) in [6.07, 6.45) is 0. The van der Waals surface area contributed by atoms with Crippen LogP contribution < -0.4 is 15.8 Å². The standard InChI is InChI=1S/C27H26N2O4S2/c1-16-5-8-19(9-6-16)24(30)25-23(28)26(35(31,32)21-12-10-20(33-4)11-13-21)27(34-25)29-22-14-7-17(2)15-18(22)3/h5-15,29H,28H2,1-4H3. The van der Waals surface area contributed by atoms with Gasteiger partial charge in [0.05, 0.1) is 17.7 Å². The number of benzene rings is 3. The molecule has 180 valence electrons. The third kappa shape index (κ3) is 4.80. The van der Waals surface area contributed by atoms with E-state index in [4.69, 9.17) is 10.5 Å². The molecule has 35 heavy (non-hydrogen) atoms. The molecule has 1 heterocycles. The highest BCUT2D eigenvalue weighted by Crippen LogP contribution is 2.44. The minimum absolute atomic E-state index is 0.0563. The molecule has 1 aromatic heterocycles. The minimum Gasteiger partial charge on any atom is -0.497 e. The number of aryl methyl sites for hydroxylation is 3. The first-order valence-electron chi connectivity index (χ1n) is 10.9.